The number of amides is 1. The smallest absolute Gasteiger partial charge is 0.406 e. The predicted molar refractivity (Wildman–Crippen MR) is 74.0 cm³/mol. The fraction of sp³-hybridized carbons (Fsp3) is 0.500. The van der Waals surface area contributed by atoms with Crippen molar-refractivity contribution < 1.29 is 9.53 Å². The lowest BCUT2D eigenvalue weighted by Crippen LogP contribution is -2.28. The SMILES string of the molecule is COC(=O)NCCNc1cccc(C(C)(C)C)c1. The average Bonchev–Trinajstić information content (AvgIpc) is 2.33. The Hall–Kier alpha value is -1.71. The number of carbonyl (C=O) groups excluding carboxylic acids is 1. The van der Waals surface area contributed by atoms with Gasteiger partial charge >= 0.3 is 6.09 Å². The topological polar surface area (TPSA) is 50.4 Å². The molecule has 0 aliphatic heterocycles. The molecule has 0 fully saturated rings. The first-order chi connectivity index (χ1) is 8.43. The van der Waals surface area contributed by atoms with Gasteiger partial charge in [-0.25, -0.2) is 4.79 Å². The fourth-order valence-electron chi connectivity index (χ4n) is 1.54. The van der Waals surface area contributed by atoms with Crippen molar-refractivity contribution >= 4 is 11.8 Å². The first kappa shape index (κ1) is 14.4. The van der Waals surface area contributed by atoms with Gasteiger partial charge in [-0.1, -0.05) is 32.9 Å². The van der Waals surface area contributed by atoms with Crippen LogP contribution in [0, 0.1) is 0 Å². The van der Waals surface area contributed by atoms with Gasteiger partial charge in [0.2, 0.25) is 0 Å². The summed E-state index contributed by atoms with van der Waals surface area (Å²) in [6.07, 6.45) is -0.403. The summed E-state index contributed by atoms with van der Waals surface area (Å²) in [6.45, 7) is 7.76. The standard InChI is InChI=1S/C14H22N2O2/c1-14(2,3)11-6-5-7-12(10-11)15-8-9-16-13(17)18-4/h5-7,10,15H,8-9H2,1-4H3,(H,16,17). The van der Waals surface area contributed by atoms with Crippen LogP contribution in [0.2, 0.25) is 0 Å². The molecule has 100 valence electrons. The summed E-state index contributed by atoms with van der Waals surface area (Å²) < 4.78 is 4.49. The van der Waals surface area contributed by atoms with Crippen molar-refractivity contribution in [2.45, 2.75) is 26.2 Å². The average molecular weight is 250 g/mol. The first-order valence-corrected chi connectivity index (χ1v) is 6.09. The van der Waals surface area contributed by atoms with Crippen LogP contribution >= 0.6 is 0 Å². The van der Waals surface area contributed by atoms with Gasteiger partial charge in [-0.2, -0.15) is 0 Å². The van der Waals surface area contributed by atoms with Gasteiger partial charge in [0.25, 0.3) is 0 Å². The molecule has 0 saturated carbocycles. The van der Waals surface area contributed by atoms with E-state index in [-0.39, 0.29) is 5.41 Å². The summed E-state index contributed by atoms with van der Waals surface area (Å²) in [7, 11) is 1.36. The molecule has 0 unspecified atom stereocenters. The van der Waals surface area contributed by atoms with Crippen molar-refractivity contribution in [3.05, 3.63) is 29.8 Å². The fourth-order valence-corrected chi connectivity index (χ4v) is 1.54. The number of ether oxygens (including phenoxy) is 1. The van der Waals surface area contributed by atoms with Crippen LogP contribution in [0.1, 0.15) is 26.3 Å². The molecular formula is C14H22N2O2. The summed E-state index contributed by atoms with van der Waals surface area (Å²) in [6, 6.07) is 8.32. The summed E-state index contributed by atoms with van der Waals surface area (Å²) in [4.78, 5) is 10.8. The van der Waals surface area contributed by atoms with Crippen molar-refractivity contribution in [3.63, 3.8) is 0 Å². The molecule has 4 nitrogen and oxygen atoms in total. The quantitative estimate of drug-likeness (QED) is 0.808. The van der Waals surface area contributed by atoms with Gasteiger partial charge in [-0.05, 0) is 23.1 Å². The minimum atomic E-state index is -0.403. The van der Waals surface area contributed by atoms with E-state index in [0.29, 0.717) is 13.1 Å². The number of carbonyl (C=O) groups is 1. The van der Waals surface area contributed by atoms with E-state index in [2.05, 4.69) is 48.3 Å². The molecule has 1 rings (SSSR count). The van der Waals surface area contributed by atoms with Gasteiger partial charge in [0, 0.05) is 18.8 Å². The molecule has 0 saturated heterocycles. The van der Waals surface area contributed by atoms with Gasteiger partial charge < -0.3 is 15.4 Å². The summed E-state index contributed by atoms with van der Waals surface area (Å²) in [5, 5.41) is 5.89. The maximum Gasteiger partial charge on any atom is 0.406 e. The molecule has 1 aromatic rings. The third-order valence-electron chi connectivity index (χ3n) is 2.64. The van der Waals surface area contributed by atoms with E-state index in [1.54, 1.807) is 0 Å². The zero-order valence-electron chi connectivity index (χ0n) is 11.5. The van der Waals surface area contributed by atoms with Gasteiger partial charge in [0.15, 0.2) is 0 Å². The van der Waals surface area contributed by atoms with E-state index in [4.69, 9.17) is 0 Å². The van der Waals surface area contributed by atoms with Crippen LogP contribution in [-0.4, -0.2) is 26.3 Å². The maximum atomic E-state index is 10.8. The molecule has 0 spiro atoms. The third kappa shape index (κ3) is 4.65. The van der Waals surface area contributed by atoms with Gasteiger partial charge in [-0.15, -0.1) is 0 Å². The second-order valence-corrected chi connectivity index (χ2v) is 5.18. The number of anilines is 1. The Labute approximate surface area is 109 Å². The van der Waals surface area contributed by atoms with E-state index in [9.17, 15) is 4.79 Å². The highest BCUT2D eigenvalue weighted by atomic mass is 16.5. The molecule has 0 aliphatic rings. The molecule has 1 amide bonds. The highest BCUT2D eigenvalue weighted by molar-refractivity contribution is 5.66. The lowest BCUT2D eigenvalue weighted by Gasteiger charge is -2.20. The van der Waals surface area contributed by atoms with E-state index in [0.717, 1.165) is 5.69 Å². The molecule has 18 heavy (non-hydrogen) atoms. The van der Waals surface area contributed by atoms with E-state index in [1.165, 1.54) is 12.7 Å². The largest absolute Gasteiger partial charge is 0.453 e. The van der Waals surface area contributed by atoms with Crippen LogP contribution in [0.4, 0.5) is 10.5 Å². The number of rotatable bonds is 4. The van der Waals surface area contributed by atoms with Crippen LogP contribution in [0.15, 0.2) is 24.3 Å². The van der Waals surface area contributed by atoms with Crippen molar-refractivity contribution in [2.75, 3.05) is 25.5 Å². The van der Waals surface area contributed by atoms with Crippen molar-refractivity contribution in [2.24, 2.45) is 0 Å². The number of alkyl carbamates (subject to hydrolysis) is 1. The van der Waals surface area contributed by atoms with Crippen molar-refractivity contribution in [1.82, 2.24) is 5.32 Å². The molecule has 4 heteroatoms. The van der Waals surface area contributed by atoms with Crippen LogP contribution in [0.3, 0.4) is 0 Å². The molecular weight excluding hydrogens is 228 g/mol. The summed E-state index contributed by atoms with van der Waals surface area (Å²) in [5.41, 5.74) is 2.49. The zero-order valence-corrected chi connectivity index (χ0v) is 11.5. The lowest BCUT2D eigenvalue weighted by molar-refractivity contribution is 0.171. The monoisotopic (exact) mass is 250 g/mol. The Balaban J connectivity index is 2.46. The van der Waals surface area contributed by atoms with Crippen molar-refractivity contribution in [1.29, 1.82) is 0 Å². The Bertz CT molecular complexity index is 397. The second kappa shape index (κ2) is 6.28. The molecule has 0 bridgehead atoms. The van der Waals surface area contributed by atoms with E-state index >= 15 is 0 Å². The highest BCUT2D eigenvalue weighted by Gasteiger charge is 2.13. The van der Waals surface area contributed by atoms with Crippen LogP contribution in [0.5, 0.6) is 0 Å². The number of hydrogen-bond donors (Lipinski definition) is 2. The molecule has 0 atom stereocenters. The normalized spacial score (nSPS) is 10.9. The number of methoxy groups -OCH3 is 1. The first-order valence-electron chi connectivity index (χ1n) is 6.09. The Kier molecular flexibility index (Phi) is 5.01. The molecule has 0 aliphatic carbocycles. The summed E-state index contributed by atoms with van der Waals surface area (Å²) >= 11 is 0. The second-order valence-electron chi connectivity index (χ2n) is 5.18. The van der Waals surface area contributed by atoms with Gasteiger partial charge in [0.1, 0.15) is 0 Å². The molecule has 0 heterocycles. The third-order valence-corrected chi connectivity index (χ3v) is 2.64. The van der Waals surface area contributed by atoms with Gasteiger partial charge in [0.05, 0.1) is 7.11 Å². The number of hydrogen-bond acceptors (Lipinski definition) is 3. The summed E-state index contributed by atoms with van der Waals surface area (Å²) in [5.74, 6) is 0. The van der Waals surface area contributed by atoms with Crippen LogP contribution < -0.4 is 10.6 Å². The highest BCUT2D eigenvalue weighted by Crippen LogP contribution is 2.24. The minimum absolute atomic E-state index is 0.141. The Morgan fingerprint density at radius 3 is 2.61 bits per heavy atom. The Morgan fingerprint density at radius 1 is 1.28 bits per heavy atom. The lowest BCUT2D eigenvalue weighted by atomic mass is 9.87. The van der Waals surface area contributed by atoms with E-state index < -0.39 is 6.09 Å². The maximum absolute atomic E-state index is 10.8. The Morgan fingerprint density at radius 2 is 2.00 bits per heavy atom. The van der Waals surface area contributed by atoms with Crippen LogP contribution in [-0.2, 0) is 10.2 Å². The van der Waals surface area contributed by atoms with Crippen LogP contribution in [0.25, 0.3) is 0 Å². The zero-order chi connectivity index (χ0) is 13.6. The minimum Gasteiger partial charge on any atom is -0.453 e. The predicted octanol–water partition coefficient (Wildman–Crippen LogP) is 2.75. The van der Waals surface area contributed by atoms with E-state index in [1.807, 2.05) is 12.1 Å². The number of nitrogens with one attached hydrogen (secondary N) is 2. The molecule has 1 aromatic carbocycles. The molecule has 0 aromatic heterocycles. The van der Waals surface area contributed by atoms with Crippen molar-refractivity contribution in [3.8, 4) is 0 Å². The molecule has 2 N–H and O–H groups in total. The number of benzene rings is 1. The van der Waals surface area contributed by atoms with Gasteiger partial charge in [-0.3, -0.25) is 0 Å². The molecule has 0 radical (unpaired) electrons.